The van der Waals surface area contributed by atoms with Gasteiger partial charge >= 0.3 is 0 Å². The zero-order valence-electron chi connectivity index (χ0n) is 12.2. The predicted octanol–water partition coefficient (Wildman–Crippen LogP) is 2.83. The minimum Gasteiger partial charge on any atom is -0.355 e. The van der Waals surface area contributed by atoms with Gasteiger partial charge in [0.2, 0.25) is 0 Å². The van der Waals surface area contributed by atoms with Gasteiger partial charge in [-0.1, -0.05) is 23.7 Å². The summed E-state index contributed by atoms with van der Waals surface area (Å²) >= 11 is 11.0. The second-order valence-corrected chi connectivity index (χ2v) is 5.42. The van der Waals surface area contributed by atoms with Gasteiger partial charge in [-0.15, -0.1) is 0 Å². The molecule has 0 aromatic heterocycles. The van der Waals surface area contributed by atoms with Gasteiger partial charge in [0.05, 0.1) is 0 Å². The smallest absolute Gasteiger partial charge is 0.257 e. The van der Waals surface area contributed by atoms with Gasteiger partial charge in [-0.05, 0) is 48.6 Å². The highest BCUT2D eigenvalue weighted by molar-refractivity contribution is 7.80. The largest absolute Gasteiger partial charge is 0.355 e. The molecule has 0 unspecified atom stereocenters. The molecule has 7 heteroatoms. The third-order valence-corrected chi connectivity index (χ3v) is 3.36. The summed E-state index contributed by atoms with van der Waals surface area (Å²) in [4.78, 5) is 23.6. The van der Waals surface area contributed by atoms with E-state index >= 15 is 0 Å². The topological polar surface area (TPSA) is 70.2 Å². The molecule has 3 N–H and O–H groups in total. The monoisotopic (exact) mass is 347 g/mol. The molecule has 0 radical (unpaired) electrons. The molecule has 0 aliphatic rings. The Morgan fingerprint density at radius 3 is 2.30 bits per heavy atom. The van der Waals surface area contributed by atoms with Gasteiger partial charge in [-0.2, -0.15) is 0 Å². The van der Waals surface area contributed by atoms with Gasteiger partial charge in [0, 0.05) is 28.9 Å². The Kier molecular flexibility index (Phi) is 5.67. The van der Waals surface area contributed by atoms with Crippen LogP contribution in [0.3, 0.4) is 0 Å². The number of amides is 2. The molecule has 0 saturated heterocycles. The first-order valence-corrected chi connectivity index (χ1v) is 7.48. The molecule has 0 bridgehead atoms. The summed E-state index contributed by atoms with van der Waals surface area (Å²) in [5.41, 5.74) is 1.49. The van der Waals surface area contributed by atoms with E-state index in [0.29, 0.717) is 21.8 Å². The van der Waals surface area contributed by atoms with Crippen molar-refractivity contribution in [1.29, 1.82) is 0 Å². The average molecular weight is 348 g/mol. The number of halogens is 1. The first-order chi connectivity index (χ1) is 11.0. The lowest BCUT2D eigenvalue weighted by atomic mass is 10.2. The summed E-state index contributed by atoms with van der Waals surface area (Å²) in [5.74, 6) is -0.574. The van der Waals surface area contributed by atoms with E-state index in [0.717, 1.165) is 0 Å². The average Bonchev–Trinajstić information content (AvgIpc) is 2.54. The number of hydrogen-bond donors (Lipinski definition) is 3. The standard InChI is InChI=1S/C16H14ClN3O2S/c1-18-14(21)11-5-3-7-13(9-11)19-16(23)20-15(22)10-4-2-6-12(17)8-10/h2-9H,1H3,(H,18,21)(H2,19,20,22,23). The summed E-state index contributed by atoms with van der Waals surface area (Å²) in [7, 11) is 1.55. The van der Waals surface area contributed by atoms with Crippen molar-refractivity contribution in [1.82, 2.24) is 10.6 Å². The number of benzene rings is 2. The molecular weight excluding hydrogens is 334 g/mol. The van der Waals surface area contributed by atoms with Crippen molar-refractivity contribution >= 4 is 46.4 Å². The zero-order chi connectivity index (χ0) is 16.8. The molecule has 0 aliphatic heterocycles. The molecule has 2 aromatic carbocycles. The van der Waals surface area contributed by atoms with Crippen LogP contribution in [0, 0.1) is 0 Å². The maximum Gasteiger partial charge on any atom is 0.257 e. The number of carbonyl (C=O) groups excluding carboxylic acids is 2. The first kappa shape index (κ1) is 16.9. The van der Waals surface area contributed by atoms with E-state index in [2.05, 4.69) is 16.0 Å². The van der Waals surface area contributed by atoms with Gasteiger partial charge < -0.3 is 10.6 Å². The lowest BCUT2D eigenvalue weighted by molar-refractivity contribution is 0.0959. The van der Waals surface area contributed by atoms with Crippen LogP contribution < -0.4 is 16.0 Å². The van der Waals surface area contributed by atoms with Crippen LogP contribution in [0.5, 0.6) is 0 Å². The van der Waals surface area contributed by atoms with Crippen LogP contribution in [0.4, 0.5) is 5.69 Å². The Bertz CT molecular complexity index is 764. The second-order valence-electron chi connectivity index (χ2n) is 4.58. The summed E-state index contributed by atoms with van der Waals surface area (Å²) < 4.78 is 0. The molecule has 0 spiro atoms. The second kappa shape index (κ2) is 7.71. The summed E-state index contributed by atoms with van der Waals surface area (Å²) in [6.45, 7) is 0. The Labute approximate surface area is 144 Å². The fraction of sp³-hybridized carbons (Fsp3) is 0.0625. The summed E-state index contributed by atoms with van der Waals surface area (Å²) in [6.07, 6.45) is 0. The molecule has 118 valence electrons. The highest BCUT2D eigenvalue weighted by Crippen LogP contribution is 2.12. The number of anilines is 1. The molecule has 23 heavy (non-hydrogen) atoms. The molecule has 0 atom stereocenters. The summed E-state index contributed by atoms with van der Waals surface area (Å²) in [5, 5.41) is 8.55. The predicted molar refractivity (Wildman–Crippen MR) is 95.0 cm³/mol. The molecule has 0 aliphatic carbocycles. The van der Waals surface area contributed by atoms with Crippen molar-refractivity contribution < 1.29 is 9.59 Å². The fourth-order valence-electron chi connectivity index (χ4n) is 1.85. The van der Waals surface area contributed by atoms with Gasteiger partial charge in [-0.3, -0.25) is 14.9 Å². The van der Waals surface area contributed by atoms with E-state index in [1.807, 2.05) is 0 Å². The van der Waals surface area contributed by atoms with Crippen molar-refractivity contribution in [2.24, 2.45) is 0 Å². The highest BCUT2D eigenvalue weighted by atomic mass is 35.5. The Balaban J connectivity index is 2.02. The lowest BCUT2D eigenvalue weighted by Crippen LogP contribution is -2.34. The maximum atomic E-state index is 12.1. The van der Waals surface area contributed by atoms with E-state index in [1.54, 1.807) is 55.6 Å². The van der Waals surface area contributed by atoms with E-state index in [4.69, 9.17) is 23.8 Å². The molecule has 0 fully saturated rings. The Hall–Kier alpha value is -2.44. The van der Waals surface area contributed by atoms with Crippen LogP contribution >= 0.6 is 23.8 Å². The van der Waals surface area contributed by atoms with E-state index in [1.165, 1.54) is 0 Å². The Morgan fingerprint density at radius 1 is 1.00 bits per heavy atom. The van der Waals surface area contributed by atoms with Crippen LogP contribution in [0.2, 0.25) is 5.02 Å². The van der Waals surface area contributed by atoms with E-state index < -0.39 is 0 Å². The molecule has 0 heterocycles. The molecule has 2 rings (SSSR count). The molecule has 2 aromatic rings. The van der Waals surface area contributed by atoms with Crippen molar-refractivity contribution in [2.75, 3.05) is 12.4 Å². The third kappa shape index (κ3) is 4.77. The lowest BCUT2D eigenvalue weighted by Gasteiger charge is -2.10. The SMILES string of the molecule is CNC(=O)c1cccc(NC(=S)NC(=O)c2cccc(Cl)c2)c1. The van der Waals surface area contributed by atoms with Crippen LogP contribution in [-0.4, -0.2) is 24.0 Å². The number of carbonyl (C=O) groups is 2. The quantitative estimate of drug-likeness (QED) is 0.747. The van der Waals surface area contributed by atoms with Gasteiger partial charge in [-0.25, -0.2) is 0 Å². The van der Waals surface area contributed by atoms with Gasteiger partial charge in [0.25, 0.3) is 11.8 Å². The summed E-state index contributed by atoms with van der Waals surface area (Å²) in [6, 6.07) is 13.3. The highest BCUT2D eigenvalue weighted by Gasteiger charge is 2.09. The molecular formula is C16H14ClN3O2S. The fourth-order valence-corrected chi connectivity index (χ4v) is 2.25. The van der Waals surface area contributed by atoms with Crippen LogP contribution in [-0.2, 0) is 0 Å². The number of rotatable bonds is 3. The number of nitrogens with one attached hydrogen (secondary N) is 3. The molecule has 5 nitrogen and oxygen atoms in total. The third-order valence-electron chi connectivity index (χ3n) is 2.92. The molecule has 0 saturated carbocycles. The number of hydrogen-bond acceptors (Lipinski definition) is 3. The van der Waals surface area contributed by atoms with Gasteiger partial charge in [0.15, 0.2) is 5.11 Å². The van der Waals surface area contributed by atoms with Crippen LogP contribution in [0.1, 0.15) is 20.7 Å². The normalized spacial score (nSPS) is 9.83. The van der Waals surface area contributed by atoms with Crippen molar-refractivity contribution in [3.05, 3.63) is 64.7 Å². The zero-order valence-corrected chi connectivity index (χ0v) is 13.8. The van der Waals surface area contributed by atoms with Crippen molar-refractivity contribution in [3.8, 4) is 0 Å². The van der Waals surface area contributed by atoms with Crippen molar-refractivity contribution in [3.63, 3.8) is 0 Å². The van der Waals surface area contributed by atoms with Crippen LogP contribution in [0.25, 0.3) is 0 Å². The minimum atomic E-state index is -0.368. The van der Waals surface area contributed by atoms with E-state index in [-0.39, 0.29) is 16.9 Å². The van der Waals surface area contributed by atoms with Gasteiger partial charge in [0.1, 0.15) is 0 Å². The minimum absolute atomic E-state index is 0.129. The van der Waals surface area contributed by atoms with E-state index in [9.17, 15) is 9.59 Å². The molecule has 2 amide bonds. The first-order valence-electron chi connectivity index (χ1n) is 6.69. The number of thiocarbonyl (C=S) groups is 1. The Morgan fingerprint density at radius 2 is 1.65 bits per heavy atom. The maximum absolute atomic E-state index is 12.1. The van der Waals surface area contributed by atoms with Crippen molar-refractivity contribution in [2.45, 2.75) is 0 Å². The van der Waals surface area contributed by atoms with Crippen LogP contribution in [0.15, 0.2) is 48.5 Å².